The Morgan fingerprint density at radius 3 is 2.72 bits per heavy atom. The molecule has 0 bridgehead atoms. The second-order valence-electron chi connectivity index (χ2n) is 5.48. The molecule has 1 heterocycles. The van der Waals surface area contributed by atoms with E-state index in [1.54, 1.807) is 0 Å². The van der Waals surface area contributed by atoms with Crippen molar-refractivity contribution in [1.82, 2.24) is 0 Å². The quantitative estimate of drug-likeness (QED) is 0.781. The fourth-order valence-electron chi connectivity index (χ4n) is 3.16. The van der Waals surface area contributed by atoms with Crippen molar-refractivity contribution < 1.29 is 4.79 Å². The second kappa shape index (κ2) is 5.05. The first-order chi connectivity index (χ1) is 8.83. The molecule has 18 heavy (non-hydrogen) atoms. The van der Waals surface area contributed by atoms with E-state index in [0.717, 1.165) is 12.1 Å². The summed E-state index contributed by atoms with van der Waals surface area (Å²) in [4.78, 5) is 16.9. The van der Waals surface area contributed by atoms with Crippen LogP contribution in [-0.4, -0.2) is 17.5 Å². The highest BCUT2D eigenvalue weighted by Crippen LogP contribution is 2.32. The van der Waals surface area contributed by atoms with Crippen LogP contribution in [0.15, 0.2) is 35.3 Å². The van der Waals surface area contributed by atoms with Crippen LogP contribution in [0.3, 0.4) is 0 Å². The third-order valence-electron chi connectivity index (χ3n) is 4.17. The fourth-order valence-corrected chi connectivity index (χ4v) is 3.16. The molecule has 1 saturated carbocycles. The average molecular weight is 241 g/mol. The largest absolute Gasteiger partial charge is 0.293 e. The SMILES string of the molecule is O=C1CC2CCCCC2N=C1Cc1ccccc1. The first-order valence-electron chi connectivity index (χ1n) is 6.97. The lowest BCUT2D eigenvalue weighted by Gasteiger charge is -2.32. The van der Waals surface area contributed by atoms with Gasteiger partial charge in [0.1, 0.15) is 0 Å². The molecule has 1 aliphatic heterocycles. The first kappa shape index (κ1) is 11.6. The number of rotatable bonds is 2. The number of carbonyl (C=O) groups is 1. The summed E-state index contributed by atoms with van der Waals surface area (Å²) in [5.74, 6) is 0.813. The lowest BCUT2D eigenvalue weighted by atomic mass is 9.78. The Bertz CT molecular complexity index is 463. The minimum Gasteiger partial charge on any atom is -0.293 e. The molecule has 2 aliphatic rings. The van der Waals surface area contributed by atoms with Crippen LogP contribution < -0.4 is 0 Å². The highest BCUT2D eigenvalue weighted by atomic mass is 16.1. The van der Waals surface area contributed by atoms with Crippen LogP contribution in [0.2, 0.25) is 0 Å². The summed E-state index contributed by atoms with van der Waals surface area (Å²) in [6, 6.07) is 10.6. The Balaban J connectivity index is 1.78. The van der Waals surface area contributed by atoms with Crippen LogP contribution in [0.4, 0.5) is 0 Å². The van der Waals surface area contributed by atoms with Crippen LogP contribution in [0.5, 0.6) is 0 Å². The van der Waals surface area contributed by atoms with Gasteiger partial charge in [-0.15, -0.1) is 0 Å². The zero-order valence-electron chi connectivity index (χ0n) is 10.6. The first-order valence-corrected chi connectivity index (χ1v) is 6.97. The van der Waals surface area contributed by atoms with E-state index in [1.807, 2.05) is 18.2 Å². The van der Waals surface area contributed by atoms with Gasteiger partial charge in [0.05, 0.1) is 11.8 Å². The monoisotopic (exact) mass is 241 g/mol. The van der Waals surface area contributed by atoms with Crippen LogP contribution in [0.1, 0.15) is 37.7 Å². The zero-order valence-corrected chi connectivity index (χ0v) is 10.6. The summed E-state index contributed by atoms with van der Waals surface area (Å²) in [5.41, 5.74) is 2.00. The van der Waals surface area contributed by atoms with Gasteiger partial charge in [0, 0.05) is 12.8 Å². The Morgan fingerprint density at radius 2 is 1.89 bits per heavy atom. The van der Waals surface area contributed by atoms with Crippen molar-refractivity contribution in [3.63, 3.8) is 0 Å². The van der Waals surface area contributed by atoms with Crippen molar-refractivity contribution in [3.8, 4) is 0 Å². The molecule has 1 fully saturated rings. The zero-order chi connectivity index (χ0) is 12.4. The third kappa shape index (κ3) is 2.38. The molecule has 94 valence electrons. The van der Waals surface area contributed by atoms with Gasteiger partial charge in [-0.3, -0.25) is 9.79 Å². The third-order valence-corrected chi connectivity index (χ3v) is 4.17. The van der Waals surface area contributed by atoms with Gasteiger partial charge in [-0.2, -0.15) is 0 Å². The van der Waals surface area contributed by atoms with Crippen molar-refractivity contribution in [3.05, 3.63) is 35.9 Å². The molecule has 0 saturated heterocycles. The summed E-state index contributed by atoms with van der Waals surface area (Å²) in [6.45, 7) is 0. The normalized spacial score (nSPS) is 27.6. The predicted molar refractivity (Wildman–Crippen MR) is 73.0 cm³/mol. The number of aliphatic imine (C=N–C) groups is 1. The van der Waals surface area contributed by atoms with Crippen molar-refractivity contribution in [2.45, 2.75) is 44.6 Å². The number of nitrogens with zero attached hydrogens (tertiary/aromatic N) is 1. The molecule has 0 aromatic heterocycles. The molecule has 2 unspecified atom stereocenters. The number of benzene rings is 1. The maximum absolute atomic E-state index is 12.1. The van der Waals surface area contributed by atoms with Crippen LogP contribution >= 0.6 is 0 Å². The molecule has 3 rings (SSSR count). The number of Topliss-reactive ketones (excluding diaryl/α,β-unsaturated/α-hetero) is 1. The van der Waals surface area contributed by atoms with E-state index in [1.165, 1.54) is 31.2 Å². The predicted octanol–water partition coefficient (Wildman–Crippen LogP) is 3.20. The summed E-state index contributed by atoms with van der Waals surface area (Å²) in [6.07, 6.45) is 6.36. The van der Waals surface area contributed by atoms with E-state index in [2.05, 4.69) is 12.1 Å². The number of carbonyl (C=O) groups excluding carboxylic acids is 1. The van der Waals surface area contributed by atoms with E-state index in [9.17, 15) is 4.79 Å². The Kier molecular flexibility index (Phi) is 3.26. The molecule has 0 amide bonds. The highest BCUT2D eigenvalue weighted by Gasteiger charge is 2.32. The van der Waals surface area contributed by atoms with Crippen LogP contribution in [0.25, 0.3) is 0 Å². The lowest BCUT2D eigenvalue weighted by molar-refractivity contribution is -0.114. The molecule has 1 aromatic carbocycles. The van der Waals surface area contributed by atoms with Crippen LogP contribution in [-0.2, 0) is 11.2 Å². The average Bonchev–Trinajstić information content (AvgIpc) is 2.41. The maximum Gasteiger partial charge on any atom is 0.177 e. The molecule has 1 aliphatic carbocycles. The fraction of sp³-hybridized carbons (Fsp3) is 0.500. The molecule has 1 aromatic rings. The van der Waals surface area contributed by atoms with E-state index in [0.29, 0.717) is 18.4 Å². The van der Waals surface area contributed by atoms with E-state index < -0.39 is 0 Å². The van der Waals surface area contributed by atoms with Crippen LogP contribution in [0, 0.1) is 5.92 Å². The summed E-state index contributed by atoms with van der Waals surface area (Å²) >= 11 is 0. The van der Waals surface area contributed by atoms with Gasteiger partial charge in [-0.05, 0) is 24.3 Å². The van der Waals surface area contributed by atoms with Gasteiger partial charge < -0.3 is 0 Å². The minimum atomic E-state index is 0.280. The number of ketones is 1. The molecule has 2 heteroatoms. The van der Waals surface area contributed by atoms with E-state index in [-0.39, 0.29) is 5.78 Å². The van der Waals surface area contributed by atoms with Crippen molar-refractivity contribution in [2.75, 3.05) is 0 Å². The maximum atomic E-state index is 12.1. The molecular weight excluding hydrogens is 222 g/mol. The smallest absolute Gasteiger partial charge is 0.177 e. The highest BCUT2D eigenvalue weighted by molar-refractivity contribution is 6.40. The molecule has 0 radical (unpaired) electrons. The van der Waals surface area contributed by atoms with Gasteiger partial charge in [-0.25, -0.2) is 0 Å². The van der Waals surface area contributed by atoms with Gasteiger partial charge in [0.25, 0.3) is 0 Å². The Morgan fingerprint density at radius 1 is 1.11 bits per heavy atom. The molecular formula is C16H19NO. The standard InChI is InChI=1S/C16H19NO/c18-16-11-13-8-4-5-9-14(13)17-15(16)10-12-6-2-1-3-7-12/h1-3,6-7,13-14H,4-5,8-11H2. The van der Waals surface area contributed by atoms with Gasteiger partial charge >= 0.3 is 0 Å². The van der Waals surface area contributed by atoms with E-state index >= 15 is 0 Å². The van der Waals surface area contributed by atoms with Gasteiger partial charge in [-0.1, -0.05) is 43.2 Å². The van der Waals surface area contributed by atoms with Crippen molar-refractivity contribution in [1.29, 1.82) is 0 Å². The summed E-state index contributed by atoms with van der Waals surface area (Å²) in [5, 5.41) is 0. The summed E-state index contributed by atoms with van der Waals surface area (Å²) < 4.78 is 0. The topological polar surface area (TPSA) is 29.4 Å². The second-order valence-corrected chi connectivity index (χ2v) is 5.48. The summed E-state index contributed by atoms with van der Waals surface area (Å²) in [7, 11) is 0. The molecule has 2 atom stereocenters. The van der Waals surface area contributed by atoms with E-state index in [4.69, 9.17) is 4.99 Å². The Labute approximate surface area is 108 Å². The molecule has 2 nitrogen and oxygen atoms in total. The Hall–Kier alpha value is -1.44. The van der Waals surface area contributed by atoms with Gasteiger partial charge in [0.15, 0.2) is 5.78 Å². The number of hydrogen-bond donors (Lipinski definition) is 0. The molecule has 0 spiro atoms. The number of fused-ring (bicyclic) bond motifs is 1. The lowest BCUT2D eigenvalue weighted by Crippen LogP contribution is -2.35. The number of hydrogen-bond acceptors (Lipinski definition) is 2. The molecule has 0 N–H and O–H groups in total. The van der Waals surface area contributed by atoms with Crippen molar-refractivity contribution >= 4 is 11.5 Å². The van der Waals surface area contributed by atoms with Crippen molar-refractivity contribution in [2.24, 2.45) is 10.9 Å². The van der Waals surface area contributed by atoms with Gasteiger partial charge in [0.2, 0.25) is 0 Å². The minimum absolute atomic E-state index is 0.280.